The van der Waals surface area contributed by atoms with E-state index in [1.165, 1.54) is 19.3 Å². The predicted molar refractivity (Wildman–Crippen MR) is 85.4 cm³/mol. The van der Waals surface area contributed by atoms with Crippen molar-refractivity contribution in [1.82, 2.24) is 0 Å². The Morgan fingerprint density at radius 1 is 1.14 bits per heavy atom. The first-order valence-electron chi connectivity index (χ1n) is 8.12. The smallest absolute Gasteiger partial charge is 0.230 e. The van der Waals surface area contributed by atoms with Crippen molar-refractivity contribution in [2.75, 3.05) is 5.32 Å². The number of halogens is 1. The molecule has 0 aliphatic heterocycles. The standard InChI is InChI=1S/C18H22ClNO/c1-11-4-15(19)2-3-16(11)20-17(21)18-8-12-5-13(9-18)7-14(6-12)10-18/h2-4,12-14H,5-10H2,1H3,(H,20,21). The maximum absolute atomic E-state index is 13.0. The molecule has 0 atom stereocenters. The van der Waals surface area contributed by atoms with Gasteiger partial charge in [-0.3, -0.25) is 4.79 Å². The van der Waals surface area contributed by atoms with E-state index in [1.807, 2.05) is 25.1 Å². The second-order valence-corrected chi connectivity index (χ2v) is 8.05. The molecule has 3 heteroatoms. The zero-order chi connectivity index (χ0) is 14.6. The van der Waals surface area contributed by atoms with Gasteiger partial charge < -0.3 is 5.32 Å². The third kappa shape index (κ3) is 2.28. The van der Waals surface area contributed by atoms with Crippen LogP contribution in [0.5, 0.6) is 0 Å². The van der Waals surface area contributed by atoms with Gasteiger partial charge >= 0.3 is 0 Å². The van der Waals surface area contributed by atoms with E-state index in [2.05, 4.69) is 5.32 Å². The predicted octanol–water partition coefficient (Wildman–Crippen LogP) is 4.80. The van der Waals surface area contributed by atoms with Gasteiger partial charge in [-0.15, -0.1) is 0 Å². The van der Waals surface area contributed by atoms with E-state index < -0.39 is 0 Å². The number of carbonyl (C=O) groups is 1. The molecule has 4 bridgehead atoms. The Morgan fingerprint density at radius 3 is 2.24 bits per heavy atom. The van der Waals surface area contributed by atoms with Gasteiger partial charge in [0.15, 0.2) is 0 Å². The highest BCUT2D eigenvalue weighted by Gasteiger charge is 2.54. The molecule has 0 saturated heterocycles. The van der Waals surface area contributed by atoms with Crippen molar-refractivity contribution in [3.8, 4) is 0 Å². The third-order valence-electron chi connectivity index (χ3n) is 5.96. The lowest BCUT2D eigenvalue weighted by Gasteiger charge is -2.55. The summed E-state index contributed by atoms with van der Waals surface area (Å²) in [4.78, 5) is 13.0. The van der Waals surface area contributed by atoms with Crippen molar-refractivity contribution < 1.29 is 4.79 Å². The second kappa shape index (κ2) is 4.74. The number of hydrogen-bond acceptors (Lipinski definition) is 1. The van der Waals surface area contributed by atoms with Crippen LogP contribution < -0.4 is 5.32 Å². The molecule has 0 spiro atoms. The normalized spacial score (nSPS) is 36.8. The average Bonchev–Trinajstić information content (AvgIpc) is 2.40. The number of hydrogen-bond donors (Lipinski definition) is 1. The summed E-state index contributed by atoms with van der Waals surface area (Å²) in [6.07, 6.45) is 7.43. The van der Waals surface area contributed by atoms with Crippen LogP contribution in [0.25, 0.3) is 0 Å². The zero-order valence-corrected chi connectivity index (χ0v) is 13.2. The monoisotopic (exact) mass is 303 g/mol. The number of anilines is 1. The quantitative estimate of drug-likeness (QED) is 0.835. The van der Waals surface area contributed by atoms with Gasteiger partial charge in [0.05, 0.1) is 5.41 Å². The van der Waals surface area contributed by atoms with Crippen LogP contribution in [-0.4, -0.2) is 5.91 Å². The van der Waals surface area contributed by atoms with Gasteiger partial charge in [-0.05, 0) is 87.0 Å². The second-order valence-electron chi connectivity index (χ2n) is 7.61. The Bertz CT molecular complexity index is 560. The first-order chi connectivity index (χ1) is 10.0. The molecule has 2 nitrogen and oxygen atoms in total. The minimum absolute atomic E-state index is 0.0825. The van der Waals surface area contributed by atoms with Gasteiger partial charge in [-0.25, -0.2) is 0 Å². The molecule has 112 valence electrons. The molecule has 5 rings (SSSR count). The molecule has 4 aliphatic rings. The summed E-state index contributed by atoms with van der Waals surface area (Å²) in [5, 5.41) is 3.92. The summed E-state index contributed by atoms with van der Waals surface area (Å²) in [5.74, 6) is 2.65. The van der Waals surface area contributed by atoms with Gasteiger partial charge in [0.2, 0.25) is 5.91 Å². The van der Waals surface area contributed by atoms with E-state index in [-0.39, 0.29) is 11.3 Å². The van der Waals surface area contributed by atoms with E-state index >= 15 is 0 Å². The van der Waals surface area contributed by atoms with Crippen LogP contribution in [0.3, 0.4) is 0 Å². The van der Waals surface area contributed by atoms with Crippen molar-refractivity contribution in [3.63, 3.8) is 0 Å². The van der Waals surface area contributed by atoms with Crippen LogP contribution in [0.4, 0.5) is 5.69 Å². The summed E-state index contributed by atoms with van der Waals surface area (Å²) in [6, 6.07) is 5.69. The fourth-order valence-corrected chi connectivity index (χ4v) is 5.64. The van der Waals surface area contributed by atoms with E-state index in [9.17, 15) is 4.79 Å². The van der Waals surface area contributed by atoms with Crippen LogP contribution in [0.2, 0.25) is 5.02 Å². The van der Waals surface area contributed by atoms with Crippen molar-refractivity contribution in [2.45, 2.75) is 45.4 Å². The molecular weight excluding hydrogens is 282 g/mol. The molecule has 4 aliphatic carbocycles. The summed E-state index contributed by atoms with van der Waals surface area (Å²) < 4.78 is 0. The highest BCUT2D eigenvalue weighted by molar-refractivity contribution is 6.30. The minimum atomic E-state index is -0.0825. The van der Waals surface area contributed by atoms with Gasteiger partial charge in [0.1, 0.15) is 0 Å². The van der Waals surface area contributed by atoms with Crippen molar-refractivity contribution in [3.05, 3.63) is 28.8 Å². The SMILES string of the molecule is Cc1cc(Cl)ccc1NC(=O)C12CC3CC(CC(C3)C1)C2. The van der Waals surface area contributed by atoms with Crippen LogP contribution in [-0.2, 0) is 4.79 Å². The number of aryl methyl sites for hydroxylation is 1. The van der Waals surface area contributed by atoms with E-state index in [0.29, 0.717) is 0 Å². The molecule has 1 aromatic carbocycles. The Hall–Kier alpha value is -1.02. The highest BCUT2D eigenvalue weighted by atomic mass is 35.5. The van der Waals surface area contributed by atoms with Gasteiger partial charge in [-0.2, -0.15) is 0 Å². The molecule has 0 heterocycles. The molecule has 4 saturated carbocycles. The maximum atomic E-state index is 13.0. The average molecular weight is 304 g/mol. The largest absolute Gasteiger partial charge is 0.325 e. The lowest BCUT2D eigenvalue weighted by Crippen LogP contribution is -2.51. The van der Waals surface area contributed by atoms with Crippen LogP contribution >= 0.6 is 11.6 Å². The maximum Gasteiger partial charge on any atom is 0.230 e. The van der Waals surface area contributed by atoms with E-state index in [4.69, 9.17) is 11.6 Å². The minimum Gasteiger partial charge on any atom is -0.325 e. The Labute approximate surface area is 131 Å². The number of benzene rings is 1. The summed E-state index contributed by atoms with van der Waals surface area (Å²) >= 11 is 6.00. The number of nitrogens with one attached hydrogen (secondary N) is 1. The fraction of sp³-hybridized carbons (Fsp3) is 0.611. The molecule has 21 heavy (non-hydrogen) atoms. The first-order valence-corrected chi connectivity index (χ1v) is 8.49. The highest BCUT2D eigenvalue weighted by Crippen LogP contribution is 2.60. The first kappa shape index (κ1) is 13.6. The Kier molecular flexibility index (Phi) is 3.08. The lowest BCUT2D eigenvalue weighted by molar-refractivity contribution is -0.140. The van der Waals surface area contributed by atoms with Gasteiger partial charge in [-0.1, -0.05) is 11.6 Å². The molecule has 0 unspecified atom stereocenters. The summed E-state index contributed by atoms with van der Waals surface area (Å²) in [5.41, 5.74) is 1.88. The summed E-state index contributed by atoms with van der Waals surface area (Å²) in [7, 11) is 0. The molecular formula is C18H22ClNO. The van der Waals surface area contributed by atoms with Gasteiger partial charge in [0.25, 0.3) is 0 Å². The Morgan fingerprint density at radius 2 is 1.71 bits per heavy atom. The van der Waals surface area contributed by atoms with Crippen LogP contribution in [0.1, 0.15) is 44.1 Å². The molecule has 0 aromatic heterocycles. The van der Waals surface area contributed by atoms with E-state index in [0.717, 1.165) is 53.3 Å². The number of rotatable bonds is 2. The zero-order valence-electron chi connectivity index (χ0n) is 12.5. The molecule has 1 N–H and O–H groups in total. The number of amides is 1. The molecule has 1 amide bonds. The number of carbonyl (C=O) groups excluding carboxylic acids is 1. The summed E-state index contributed by atoms with van der Waals surface area (Å²) in [6.45, 7) is 2.00. The van der Waals surface area contributed by atoms with Crippen molar-refractivity contribution >= 4 is 23.2 Å². The van der Waals surface area contributed by atoms with Gasteiger partial charge in [0, 0.05) is 10.7 Å². The topological polar surface area (TPSA) is 29.1 Å². The van der Waals surface area contributed by atoms with Crippen molar-refractivity contribution in [2.24, 2.45) is 23.2 Å². The molecule has 0 radical (unpaired) electrons. The molecule has 4 fully saturated rings. The lowest BCUT2D eigenvalue weighted by atomic mass is 9.49. The fourth-order valence-electron chi connectivity index (χ4n) is 5.41. The third-order valence-corrected chi connectivity index (χ3v) is 6.19. The molecule has 1 aromatic rings. The van der Waals surface area contributed by atoms with Crippen LogP contribution in [0, 0.1) is 30.1 Å². The van der Waals surface area contributed by atoms with Crippen molar-refractivity contribution in [1.29, 1.82) is 0 Å². The Balaban J connectivity index is 1.57. The van der Waals surface area contributed by atoms with E-state index in [1.54, 1.807) is 0 Å². The van der Waals surface area contributed by atoms with Crippen LogP contribution in [0.15, 0.2) is 18.2 Å².